The number of nitrogens with one attached hydrogen (secondary N) is 2. The number of amides is 1. The molecule has 0 unspecified atom stereocenters. The second kappa shape index (κ2) is 9.94. The Kier molecular flexibility index (Phi) is 7.34. The Balaban J connectivity index is 1.61. The number of hydrogen-bond acceptors (Lipinski definition) is 4. The van der Waals surface area contributed by atoms with Gasteiger partial charge in [-0.25, -0.2) is 9.98 Å². The minimum atomic E-state index is -0.307. The van der Waals surface area contributed by atoms with Crippen LogP contribution in [-0.2, 0) is 11.3 Å². The lowest BCUT2D eigenvalue weighted by atomic mass is 9.84. The summed E-state index contributed by atoms with van der Waals surface area (Å²) in [5, 5.41) is 6.73. The van der Waals surface area contributed by atoms with Gasteiger partial charge in [0, 0.05) is 46.5 Å². The third kappa shape index (κ3) is 5.40. The van der Waals surface area contributed by atoms with Crippen molar-refractivity contribution in [1.82, 2.24) is 20.5 Å². The van der Waals surface area contributed by atoms with Crippen LogP contribution in [0.5, 0.6) is 0 Å². The van der Waals surface area contributed by atoms with E-state index in [1.807, 2.05) is 20.3 Å². The van der Waals surface area contributed by atoms with Gasteiger partial charge in [0.05, 0.1) is 12.0 Å². The van der Waals surface area contributed by atoms with E-state index in [4.69, 9.17) is 4.99 Å². The monoisotopic (exact) mass is 400 g/mol. The summed E-state index contributed by atoms with van der Waals surface area (Å²) in [5.41, 5.74) is 0.781. The van der Waals surface area contributed by atoms with Crippen LogP contribution in [0.15, 0.2) is 23.3 Å². The molecular formula is C22H36N6O. The summed E-state index contributed by atoms with van der Waals surface area (Å²) in [5.74, 6) is 2.04. The smallest absolute Gasteiger partial charge is 0.230 e. The largest absolute Gasteiger partial charge is 0.357 e. The fraction of sp³-hybridized carbons (Fsp3) is 0.682. The van der Waals surface area contributed by atoms with E-state index in [0.717, 1.165) is 62.7 Å². The zero-order valence-electron chi connectivity index (χ0n) is 18.2. The third-order valence-corrected chi connectivity index (χ3v) is 6.02. The molecule has 2 aliphatic rings. The Labute approximate surface area is 175 Å². The highest BCUT2D eigenvalue weighted by Crippen LogP contribution is 2.38. The summed E-state index contributed by atoms with van der Waals surface area (Å²) in [7, 11) is 3.70. The summed E-state index contributed by atoms with van der Waals surface area (Å²) in [6, 6.07) is 4.21. The SMILES string of the molecule is CCNC(=NCc1ccc(N2CCCC2)nc1)NCC1(C(=O)N(C)C)CCCC1. The maximum atomic E-state index is 12.8. The van der Waals surface area contributed by atoms with Crippen molar-refractivity contribution in [3.8, 4) is 0 Å². The summed E-state index contributed by atoms with van der Waals surface area (Å²) in [4.78, 5) is 26.2. The lowest BCUT2D eigenvalue weighted by molar-refractivity contribution is -0.138. The standard InChI is InChI=1S/C22H36N6O/c1-4-23-21(26-17-22(11-5-6-12-22)20(29)27(2)3)25-16-18-9-10-19(24-15-18)28-13-7-8-14-28/h9-10,15H,4-8,11-14,16-17H2,1-3H3,(H2,23,25,26). The van der Waals surface area contributed by atoms with Crippen molar-refractivity contribution in [3.63, 3.8) is 0 Å². The molecule has 160 valence electrons. The average Bonchev–Trinajstić information content (AvgIpc) is 3.43. The first-order valence-electron chi connectivity index (χ1n) is 11.0. The summed E-state index contributed by atoms with van der Waals surface area (Å²) in [6.07, 6.45) is 8.55. The summed E-state index contributed by atoms with van der Waals surface area (Å²) >= 11 is 0. The summed E-state index contributed by atoms with van der Waals surface area (Å²) < 4.78 is 0. The molecule has 1 saturated carbocycles. The van der Waals surface area contributed by atoms with Gasteiger partial charge in [0.2, 0.25) is 5.91 Å². The van der Waals surface area contributed by atoms with Gasteiger partial charge in [-0.15, -0.1) is 0 Å². The van der Waals surface area contributed by atoms with Gasteiger partial charge in [-0.3, -0.25) is 4.79 Å². The highest BCUT2D eigenvalue weighted by atomic mass is 16.2. The first-order valence-corrected chi connectivity index (χ1v) is 11.0. The molecule has 0 radical (unpaired) electrons. The number of carbonyl (C=O) groups is 1. The number of carbonyl (C=O) groups excluding carboxylic acids is 1. The van der Waals surface area contributed by atoms with Gasteiger partial charge in [-0.2, -0.15) is 0 Å². The summed E-state index contributed by atoms with van der Waals surface area (Å²) in [6.45, 7) is 6.24. The maximum Gasteiger partial charge on any atom is 0.230 e. The number of guanidine groups is 1. The first-order chi connectivity index (χ1) is 14.0. The Bertz CT molecular complexity index is 688. The van der Waals surface area contributed by atoms with Crippen LogP contribution in [0.3, 0.4) is 0 Å². The molecule has 1 aromatic rings. The van der Waals surface area contributed by atoms with Crippen LogP contribution in [-0.4, -0.2) is 62.0 Å². The molecule has 3 rings (SSSR count). The lowest BCUT2D eigenvalue weighted by Crippen LogP contribution is -2.49. The van der Waals surface area contributed by atoms with Crippen LogP contribution < -0.4 is 15.5 Å². The van der Waals surface area contributed by atoms with E-state index in [9.17, 15) is 4.79 Å². The molecule has 2 heterocycles. The van der Waals surface area contributed by atoms with E-state index in [1.165, 1.54) is 12.8 Å². The van der Waals surface area contributed by atoms with Crippen LogP contribution >= 0.6 is 0 Å². The van der Waals surface area contributed by atoms with Crippen molar-refractivity contribution in [3.05, 3.63) is 23.9 Å². The predicted octanol–water partition coefficient (Wildman–Crippen LogP) is 2.39. The second-order valence-corrected chi connectivity index (χ2v) is 8.45. The number of aromatic nitrogens is 1. The third-order valence-electron chi connectivity index (χ3n) is 6.02. The van der Waals surface area contributed by atoms with Crippen molar-refractivity contribution in [2.24, 2.45) is 10.4 Å². The predicted molar refractivity (Wildman–Crippen MR) is 118 cm³/mol. The molecule has 0 spiro atoms. The highest BCUT2D eigenvalue weighted by molar-refractivity contribution is 5.85. The van der Waals surface area contributed by atoms with Crippen molar-refractivity contribution < 1.29 is 4.79 Å². The van der Waals surface area contributed by atoms with E-state index in [-0.39, 0.29) is 11.3 Å². The normalized spacial score (nSPS) is 18.7. The minimum absolute atomic E-state index is 0.222. The molecule has 0 atom stereocenters. The van der Waals surface area contributed by atoms with Gasteiger partial charge in [0.15, 0.2) is 5.96 Å². The molecule has 1 saturated heterocycles. The zero-order valence-corrected chi connectivity index (χ0v) is 18.2. The molecule has 0 aromatic carbocycles. The van der Waals surface area contributed by atoms with Crippen molar-refractivity contribution >= 4 is 17.7 Å². The molecule has 1 aliphatic heterocycles. The van der Waals surface area contributed by atoms with Crippen LogP contribution in [0.4, 0.5) is 5.82 Å². The fourth-order valence-electron chi connectivity index (χ4n) is 4.40. The Hall–Kier alpha value is -2.31. The van der Waals surface area contributed by atoms with Crippen LogP contribution in [0.1, 0.15) is 51.0 Å². The average molecular weight is 401 g/mol. The number of pyridine rings is 1. The van der Waals surface area contributed by atoms with E-state index in [1.54, 1.807) is 4.90 Å². The van der Waals surface area contributed by atoms with E-state index in [0.29, 0.717) is 13.1 Å². The fourth-order valence-corrected chi connectivity index (χ4v) is 4.40. The van der Waals surface area contributed by atoms with Gasteiger partial charge in [0.1, 0.15) is 5.82 Å². The van der Waals surface area contributed by atoms with Gasteiger partial charge in [-0.1, -0.05) is 18.9 Å². The topological polar surface area (TPSA) is 72.9 Å². The Morgan fingerprint density at radius 3 is 2.48 bits per heavy atom. The first kappa shape index (κ1) is 21.4. The minimum Gasteiger partial charge on any atom is -0.357 e. The molecule has 2 N–H and O–H groups in total. The maximum absolute atomic E-state index is 12.8. The molecule has 1 amide bonds. The lowest BCUT2D eigenvalue weighted by Gasteiger charge is -2.31. The number of rotatable bonds is 7. The molecule has 7 nitrogen and oxygen atoms in total. The Morgan fingerprint density at radius 2 is 1.90 bits per heavy atom. The van der Waals surface area contributed by atoms with E-state index >= 15 is 0 Å². The van der Waals surface area contributed by atoms with Crippen molar-refractivity contribution in [2.75, 3.05) is 45.2 Å². The second-order valence-electron chi connectivity index (χ2n) is 8.45. The quantitative estimate of drug-likeness (QED) is 0.543. The molecule has 29 heavy (non-hydrogen) atoms. The Morgan fingerprint density at radius 1 is 1.17 bits per heavy atom. The van der Waals surface area contributed by atoms with E-state index in [2.05, 4.69) is 39.6 Å². The van der Waals surface area contributed by atoms with Gasteiger partial charge < -0.3 is 20.4 Å². The van der Waals surface area contributed by atoms with Gasteiger partial charge in [0.25, 0.3) is 0 Å². The van der Waals surface area contributed by atoms with Crippen LogP contribution in [0.25, 0.3) is 0 Å². The number of hydrogen-bond donors (Lipinski definition) is 2. The van der Waals surface area contributed by atoms with Crippen molar-refractivity contribution in [1.29, 1.82) is 0 Å². The van der Waals surface area contributed by atoms with Crippen LogP contribution in [0.2, 0.25) is 0 Å². The van der Waals surface area contributed by atoms with Crippen molar-refractivity contribution in [2.45, 2.75) is 52.0 Å². The number of aliphatic imine (C=N–C) groups is 1. The van der Waals surface area contributed by atoms with Gasteiger partial charge >= 0.3 is 0 Å². The number of nitrogens with zero attached hydrogens (tertiary/aromatic N) is 4. The van der Waals surface area contributed by atoms with Crippen LogP contribution in [0, 0.1) is 5.41 Å². The van der Waals surface area contributed by atoms with Gasteiger partial charge in [-0.05, 0) is 44.2 Å². The molecule has 0 bridgehead atoms. The number of anilines is 1. The highest BCUT2D eigenvalue weighted by Gasteiger charge is 2.42. The molecule has 1 aliphatic carbocycles. The molecule has 1 aromatic heterocycles. The zero-order chi connectivity index (χ0) is 20.7. The molecular weight excluding hydrogens is 364 g/mol. The van der Waals surface area contributed by atoms with E-state index < -0.39 is 0 Å². The molecule has 7 heteroatoms. The molecule has 2 fully saturated rings.